The predicted molar refractivity (Wildman–Crippen MR) is 155 cm³/mol. The van der Waals surface area contributed by atoms with E-state index in [2.05, 4.69) is 10.6 Å². The van der Waals surface area contributed by atoms with Gasteiger partial charge in [0.2, 0.25) is 5.91 Å². The molecule has 3 rings (SSSR count). The second-order valence-corrected chi connectivity index (χ2v) is 11.2. The van der Waals surface area contributed by atoms with E-state index < -0.39 is 23.8 Å². The summed E-state index contributed by atoms with van der Waals surface area (Å²) in [6.45, 7) is 5.78. The fourth-order valence-electron chi connectivity index (χ4n) is 3.77. The quantitative estimate of drug-likeness (QED) is 0.273. The van der Waals surface area contributed by atoms with Gasteiger partial charge in [-0.2, -0.15) is 11.8 Å². The number of rotatable bonds is 11. The Bertz CT molecular complexity index is 1200. The molecule has 0 aliphatic carbocycles. The highest BCUT2D eigenvalue weighted by Crippen LogP contribution is 2.28. The monoisotopic (exact) mass is 554 g/mol. The molecule has 0 fully saturated rings. The average Bonchev–Trinajstić information content (AvgIpc) is 2.88. The van der Waals surface area contributed by atoms with Crippen molar-refractivity contribution in [3.63, 3.8) is 0 Å². The van der Waals surface area contributed by atoms with E-state index >= 15 is 0 Å². The molecule has 0 aliphatic rings. The number of amides is 2. The third-order valence-electron chi connectivity index (χ3n) is 5.53. The Kier molecular flexibility index (Phi) is 10.9. The number of thioether (sulfide) groups is 1. The first-order chi connectivity index (χ1) is 18.1. The number of halogens is 1. The minimum atomic E-state index is -0.767. The molecular weight excluding hydrogens is 520 g/mol. The summed E-state index contributed by atoms with van der Waals surface area (Å²) < 4.78 is 11.4. The largest absolute Gasteiger partial charge is 0.489 e. The fourth-order valence-corrected chi connectivity index (χ4v) is 4.44. The summed E-state index contributed by atoms with van der Waals surface area (Å²) in [5.41, 5.74) is 2.02. The highest BCUT2D eigenvalue weighted by molar-refractivity contribution is 7.98. The number of benzene rings is 3. The molecule has 2 N–H and O–H groups in total. The van der Waals surface area contributed by atoms with Crippen LogP contribution in [-0.2, 0) is 16.1 Å². The lowest BCUT2D eigenvalue weighted by molar-refractivity contribution is -0.123. The van der Waals surface area contributed by atoms with E-state index in [1.165, 1.54) is 0 Å². The molecule has 2 unspecified atom stereocenters. The third-order valence-corrected chi connectivity index (χ3v) is 6.41. The first-order valence-corrected chi connectivity index (χ1v) is 14.2. The molecule has 0 spiro atoms. The van der Waals surface area contributed by atoms with Crippen LogP contribution in [0.1, 0.15) is 49.9 Å². The zero-order valence-electron chi connectivity index (χ0n) is 22.2. The lowest BCUT2D eigenvalue weighted by Crippen LogP contribution is -2.49. The molecule has 8 heteroatoms. The van der Waals surface area contributed by atoms with Gasteiger partial charge in [-0.05, 0) is 80.2 Å². The molecule has 38 heavy (non-hydrogen) atoms. The first kappa shape index (κ1) is 29.4. The minimum Gasteiger partial charge on any atom is -0.489 e. The van der Waals surface area contributed by atoms with Gasteiger partial charge in [-0.25, -0.2) is 4.79 Å². The van der Waals surface area contributed by atoms with Gasteiger partial charge in [-0.3, -0.25) is 4.79 Å². The van der Waals surface area contributed by atoms with Crippen LogP contribution < -0.4 is 15.4 Å². The number of nitrogens with one attached hydrogen (secondary N) is 2. The van der Waals surface area contributed by atoms with Crippen molar-refractivity contribution in [1.82, 2.24) is 10.6 Å². The predicted octanol–water partition coefficient (Wildman–Crippen LogP) is 6.77. The summed E-state index contributed by atoms with van der Waals surface area (Å²) in [6.07, 6.45) is 1.78. The van der Waals surface area contributed by atoms with Crippen LogP contribution in [0.5, 0.6) is 5.75 Å². The summed E-state index contributed by atoms with van der Waals surface area (Å²) >= 11 is 7.91. The van der Waals surface area contributed by atoms with Gasteiger partial charge in [-0.15, -0.1) is 0 Å². The maximum absolute atomic E-state index is 13.5. The topological polar surface area (TPSA) is 76.7 Å². The lowest BCUT2D eigenvalue weighted by Gasteiger charge is -2.26. The average molecular weight is 555 g/mol. The normalized spacial score (nSPS) is 12.8. The van der Waals surface area contributed by atoms with Crippen molar-refractivity contribution < 1.29 is 19.1 Å². The molecule has 0 saturated carbocycles. The molecule has 202 valence electrons. The third kappa shape index (κ3) is 9.62. The molecule has 0 aromatic heterocycles. The van der Waals surface area contributed by atoms with E-state index in [1.54, 1.807) is 38.6 Å². The molecule has 2 atom stereocenters. The van der Waals surface area contributed by atoms with Crippen molar-refractivity contribution in [2.24, 2.45) is 0 Å². The number of alkyl carbamates (subject to hydrolysis) is 1. The van der Waals surface area contributed by atoms with Crippen LogP contribution in [0.25, 0.3) is 0 Å². The Morgan fingerprint density at radius 3 is 2.26 bits per heavy atom. The van der Waals surface area contributed by atoms with Gasteiger partial charge in [0.1, 0.15) is 24.0 Å². The van der Waals surface area contributed by atoms with E-state index in [4.69, 9.17) is 21.1 Å². The molecule has 6 nitrogen and oxygen atoms in total. The summed E-state index contributed by atoms with van der Waals surface area (Å²) in [4.78, 5) is 26.0. The van der Waals surface area contributed by atoms with Crippen LogP contribution in [0.3, 0.4) is 0 Å². The Morgan fingerprint density at radius 1 is 0.921 bits per heavy atom. The van der Waals surface area contributed by atoms with Crippen molar-refractivity contribution in [2.75, 3.05) is 12.0 Å². The smallest absolute Gasteiger partial charge is 0.408 e. The van der Waals surface area contributed by atoms with Crippen LogP contribution in [0, 0.1) is 0 Å². The molecule has 0 aliphatic heterocycles. The SMILES string of the molecule is CSCCC(NC(=O)OC(C)(C)C)C(=O)NC(c1cccc(Cl)c1)c1cccc(OCc2ccccc2)c1. The van der Waals surface area contributed by atoms with Crippen LogP contribution in [-0.4, -0.2) is 35.7 Å². The Balaban J connectivity index is 1.85. The van der Waals surface area contributed by atoms with Gasteiger partial charge < -0.3 is 20.1 Å². The molecule has 0 saturated heterocycles. The molecule has 2 amide bonds. The zero-order chi connectivity index (χ0) is 27.5. The van der Waals surface area contributed by atoms with Gasteiger partial charge in [0.15, 0.2) is 0 Å². The Labute approximate surface area is 234 Å². The van der Waals surface area contributed by atoms with Crippen LogP contribution in [0.4, 0.5) is 4.79 Å². The molecular formula is C30H35ClN2O4S. The van der Waals surface area contributed by atoms with Crippen molar-refractivity contribution in [2.45, 2.75) is 51.5 Å². The summed E-state index contributed by atoms with van der Waals surface area (Å²) in [7, 11) is 0. The van der Waals surface area contributed by atoms with Crippen LogP contribution >= 0.6 is 23.4 Å². The Hall–Kier alpha value is -3.16. The minimum absolute atomic E-state index is 0.314. The van der Waals surface area contributed by atoms with Crippen molar-refractivity contribution >= 4 is 35.4 Å². The van der Waals surface area contributed by atoms with Crippen LogP contribution in [0.15, 0.2) is 78.9 Å². The maximum atomic E-state index is 13.5. The number of ether oxygens (including phenoxy) is 2. The van der Waals surface area contributed by atoms with Crippen LogP contribution in [0.2, 0.25) is 5.02 Å². The Morgan fingerprint density at radius 2 is 1.61 bits per heavy atom. The summed E-state index contributed by atoms with van der Waals surface area (Å²) in [6, 6.07) is 23.6. The first-order valence-electron chi connectivity index (χ1n) is 12.5. The van der Waals surface area contributed by atoms with Gasteiger partial charge in [0.05, 0.1) is 6.04 Å². The van der Waals surface area contributed by atoms with E-state index in [1.807, 2.05) is 79.1 Å². The molecule has 0 radical (unpaired) electrons. The van der Waals surface area contributed by atoms with Gasteiger partial charge >= 0.3 is 6.09 Å². The van der Waals surface area contributed by atoms with Crippen molar-refractivity contribution in [1.29, 1.82) is 0 Å². The molecule has 0 bridgehead atoms. The van der Waals surface area contributed by atoms with E-state index in [0.29, 0.717) is 29.6 Å². The standard InChI is InChI=1S/C30H35ClN2O4S/c1-30(2,3)37-29(35)32-26(16-17-38-4)28(34)33-27(22-12-8-14-24(31)18-22)23-13-9-15-25(19-23)36-20-21-10-6-5-7-11-21/h5-15,18-19,26-27H,16-17,20H2,1-4H3,(H,32,35)(H,33,34). The molecule has 0 heterocycles. The molecule has 3 aromatic rings. The van der Waals surface area contributed by atoms with Gasteiger partial charge in [0, 0.05) is 5.02 Å². The maximum Gasteiger partial charge on any atom is 0.408 e. The number of hydrogen-bond donors (Lipinski definition) is 2. The van der Waals surface area contributed by atoms with Gasteiger partial charge in [0.25, 0.3) is 0 Å². The highest BCUT2D eigenvalue weighted by atomic mass is 35.5. The van der Waals surface area contributed by atoms with E-state index in [0.717, 1.165) is 16.7 Å². The van der Waals surface area contributed by atoms with E-state index in [-0.39, 0.29) is 5.91 Å². The number of hydrogen-bond acceptors (Lipinski definition) is 5. The zero-order valence-corrected chi connectivity index (χ0v) is 23.8. The second kappa shape index (κ2) is 14.1. The second-order valence-electron chi connectivity index (χ2n) is 9.82. The number of carbonyl (C=O) groups excluding carboxylic acids is 2. The summed E-state index contributed by atoms with van der Waals surface area (Å²) in [5.74, 6) is 1.06. The van der Waals surface area contributed by atoms with Crippen molar-refractivity contribution in [3.8, 4) is 5.75 Å². The van der Waals surface area contributed by atoms with Gasteiger partial charge in [-0.1, -0.05) is 66.2 Å². The number of carbonyl (C=O) groups is 2. The fraction of sp³-hybridized carbons (Fsp3) is 0.333. The summed E-state index contributed by atoms with van der Waals surface area (Å²) in [5, 5.41) is 6.42. The molecule has 3 aromatic carbocycles. The van der Waals surface area contributed by atoms with E-state index in [9.17, 15) is 9.59 Å². The lowest BCUT2D eigenvalue weighted by atomic mass is 9.97. The van der Waals surface area contributed by atoms with Crippen molar-refractivity contribution in [3.05, 3.63) is 101 Å². The highest BCUT2D eigenvalue weighted by Gasteiger charge is 2.27.